The highest BCUT2D eigenvalue weighted by Crippen LogP contribution is 2.22. The lowest BCUT2D eigenvalue weighted by Crippen LogP contribution is -2.36. The highest BCUT2D eigenvalue weighted by Gasteiger charge is 2.24. The maximum Gasteiger partial charge on any atom is 0.261 e. The lowest BCUT2D eigenvalue weighted by atomic mass is 10.1. The first-order chi connectivity index (χ1) is 17.5. The van der Waals surface area contributed by atoms with E-state index in [2.05, 4.69) is 10.0 Å². The van der Waals surface area contributed by atoms with Crippen LogP contribution in [0.4, 0.5) is 11.4 Å². The van der Waals surface area contributed by atoms with Gasteiger partial charge in [0, 0.05) is 24.3 Å². The van der Waals surface area contributed by atoms with E-state index < -0.39 is 20.0 Å². The van der Waals surface area contributed by atoms with Gasteiger partial charge in [-0.2, -0.15) is 0 Å². The summed E-state index contributed by atoms with van der Waals surface area (Å²) in [6, 6.07) is 17.8. The molecule has 0 saturated carbocycles. The number of carbonyl (C=O) groups excluding carboxylic acids is 1. The van der Waals surface area contributed by atoms with Gasteiger partial charge in [0.1, 0.15) is 0 Å². The van der Waals surface area contributed by atoms with Crippen molar-refractivity contribution < 1.29 is 21.6 Å². The van der Waals surface area contributed by atoms with Crippen LogP contribution in [-0.4, -0.2) is 40.1 Å². The number of hydrogen-bond donors (Lipinski definition) is 2. The van der Waals surface area contributed by atoms with Crippen LogP contribution >= 0.6 is 0 Å². The molecule has 2 N–H and O–H groups in total. The normalized spacial score (nSPS) is 14.8. The van der Waals surface area contributed by atoms with E-state index in [-0.39, 0.29) is 16.6 Å². The second-order valence-electron chi connectivity index (χ2n) is 9.32. The molecule has 1 fully saturated rings. The van der Waals surface area contributed by atoms with E-state index in [1.807, 2.05) is 26.0 Å². The molecule has 1 aliphatic rings. The van der Waals surface area contributed by atoms with Gasteiger partial charge in [-0.1, -0.05) is 36.2 Å². The molecule has 0 aliphatic carbocycles. The molecule has 8 nitrogen and oxygen atoms in total. The molecule has 1 amide bonds. The van der Waals surface area contributed by atoms with Crippen molar-refractivity contribution in [1.29, 1.82) is 0 Å². The molecule has 10 heteroatoms. The molecule has 196 valence electrons. The molecule has 0 aromatic heterocycles. The Labute approximate surface area is 218 Å². The summed E-state index contributed by atoms with van der Waals surface area (Å²) in [5, 5.41) is 2.74. The topological polar surface area (TPSA) is 113 Å². The van der Waals surface area contributed by atoms with E-state index in [0.29, 0.717) is 35.6 Å². The van der Waals surface area contributed by atoms with Crippen LogP contribution in [0.2, 0.25) is 0 Å². The van der Waals surface area contributed by atoms with Gasteiger partial charge in [-0.3, -0.25) is 9.52 Å². The van der Waals surface area contributed by atoms with Crippen LogP contribution in [0.5, 0.6) is 0 Å². The maximum absolute atomic E-state index is 12.8. The summed E-state index contributed by atoms with van der Waals surface area (Å²) < 4.78 is 55.0. The van der Waals surface area contributed by atoms with E-state index in [1.165, 1.54) is 24.3 Å². The molecule has 0 atom stereocenters. The molecule has 37 heavy (non-hydrogen) atoms. The Morgan fingerprint density at radius 3 is 2.11 bits per heavy atom. The minimum atomic E-state index is -3.79. The Hall–Kier alpha value is -3.21. The van der Waals surface area contributed by atoms with E-state index in [0.717, 1.165) is 30.4 Å². The van der Waals surface area contributed by atoms with Crippen LogP contribution in [-0.2, 0) is 25.8 Å². The first kappa shape index (κ1) is 26.8. The van der Waals surface area contributed by atoms with Crippen molar-refractivity contribution >= 4 is 37.3 Å². The predicted octanol–water partition coefficient (Wildman–Crippen LogP) is 4.67. The van der Waals surface area contributed by atoms with Crippen LogP contribution in [0.3, 0.4) is 0 Å². The first-order valence-corrected chi connectivity index (χ1v) is 15.2. The van der Waals surface area contributed by atoms with Gasteiger partial charge in [0.05, 0.1) is 16.3 Å². The largest absolute Gasteiger partial charge is 0.322 e. The van der Waals surface area contributed by atoms with Gasteiger partial charge in [0.25, 0.3) is 15.9 Å². The summed E-state index contributed by atoms with van der Waals surface area (Å²) in [5.74, 6) is -0.476. The quantitative estimate of drug-likeness (QED) is 0.430. The molecular weight excluding hydrogens is 510 g/mol. The van der Waals surface area contributed by atoms with Crippen LogP contribution in [0, 0.1) is 13.8 Å². The molecule has 0 bridgehead atoms. The molecule has 1 aliphatic heterocycles. The Balaban J connectivity index is 1.38. The van der Waals surface area contributed by atoms with Gasteiger partial charge in [-0.25, -0.2) is 21.1 Å². The fraction of sp³-hybridized carbons (Fsp3) is 0.296. The number of carbonyl (C=O) groups is 1. The number of hydrogen-bond acceptors (Lipinski definition) is 5. The van der Waals surface area contributed by atoms with Crippen molar-refractivity contribution in [2.45, 2.75) is 43.8 Å². The monoisotopic (exact) mass is 541 g/mol. The number of piperidine rings is 1. The van der Waals surface area contributed by atoms with Crippen molar-refractivity contribution in [3.8, 4) is 0 Å². The zero-order chi connectivity index (χ0) is 26.6. The Morgan fingerprint density at radius 1 is 0.838 bits per heavy atom. The number of anilines is 2. The summed E-state index contributed by atoms with van der Waals surface area (Å²) >= 11 is 0. The van der Waals surface area contributed by atoms with Crippen molar-refractivity contribution in [2.24, 2.45) is 0 Å². The number of sulfonamides is 2. The van der Waals surface area contributed by atoms with Gasteiger partial charge >= 0.3 is 0 Å². The third-order valence-electron chi connectivity index (χ3n) is 6.32. The fourth-order valence-electron chi connectivity index (χ4n) is 4.25. The Kier molecular flexibility index (Phi) is 8.01. The number of nitrogens with one attached hydrogen (secondary N) is 2. The van der Waals surface area contributed by atoms with E-state index in [1.54, 1.807) is 34.6 Å². The second-order valence-corrected chi connectivity index (χ2v) is 13.0. The molecule has 4 rings (SSSR count). The number of amides is 1. The number of aryl methyl sites for hydroxylation is 2. The molecule has 0 unspecified atom stereocenters. The first-order valence-electron chi connectivity index (χ1n) is 12.1. The van der Waals surface area contributed by atoms with Crippen molar-refractivity contribution in [2.75, 3.05) is 23.1 Å². The predicted molar refractivity (Wildman–Crippen MR) is 146 cm³/mol. The average Bonchev–Trinajstić information content (AvgIpc) is 2.87. The van der Waals surface area contributed by atoms with E-state index in [4.69, 9.17) is 0 Å². The highest BCUT2D eigenvalue weighted by molar-refractivity contribution is 7.92. The lowest BCUT2D eigenvalue weighted by molar-refractivity contribution is 0.102. The van der Waals surface area contributed by atoms with Gasteiger partial charge in [-0.15, -0.1) is 0 Å². The fourth-order valence-corrected chi connectivity index (χ4v) is 6.99. The van der Waals surface area contributed by atoms with Crippen molar-refractivity contribution in [3.05, 3.63) is 89.0 Å². The van der Waals surface area contributed by atoms with Gasteiger partial charge in [0.15, 0.2) is 0 Å². The summed E-state index contributed by atoms with van der Waals surface area (Å²) in [4.78, 5) is 12.8. The number of nitrogens with zero attached hydrogens (tertiary/aromatic N) is 1. The summed E-state index contributed by atoms with van der Waals surface area (Å²) in [6.07, 6.45) is 2.82. The molecular formula is C27H31N3O5S2. The molecule has 0 spiro atoms. The maximum atomic E-state index is 12.8. The SMILES string of the molecule is Cc1ccc(NS(=O)(=O)c2ccc(NC(=O)c3ccc(CS(=O)(=O)N4CCCCC4)cc3)cc2)c(C)c1. The van der Waals surface area contributed by atoms with Crippen LogP contribution in [0.1, 0.15) is 46.3 Å². The molecule has 3 aromatic carbocycles. The minimum Gasteiger partial charge on any atom is -0.322 e. The minimum absolute atomic E-state index is 0.0738. The van der Waals surface area contributed by atoms with Gasteiger partial charge < -0.3 is 5.32 Å². The van der Waals surface area contributed by atoms with Gasteiger partial charge in [-0.05, 0) is 80.3 Å². The summed E-state index contributed by atoms with van der Waals surface area (Å²) in [7, 11) is -7.17. The number of benzene rings is 3. The molecule has 1 heterocycles. The second kappa shape index (κ2) is 11.0. The third kappa shape index (κ3) is 6.76. The van der Waals surface area contributed by atoms with Gasteiger partial charge in [0.2, 0.25) is 10.0 Å². The Bertz CT molecular complexity index is 1480. The van der Waals surface area contributed by atoms with Crippen LogP contribution < -0.4 is 10.0 Å². The van der Waals surface area contributed by atoms with Crippen LogP contribution in [0.15, 0.2) is 71.6 Å². The van der Waals surface area contributed by atoms with Crippen LogP contribution in [0.25, 0.3) is 0 Å². The van der Waals surface area contributed by atoms with Crippen molar-refractivity contribution in [3.63, 3.8) is 0 Å². The Morgan fingerprint density at radius 2 is 1.49 bits per heavy atom. The van der Waals surface area contributed by atoms with E-state index >= 15 is 0 Å². The number of rotatable bonds is 8. The third-order valence-corrected chi connectivity index (χ3v) is 9.55. The summed E-state index contributed by atoms with van der Waals surface area (Å²) in [5.41, 5.74) is 3.79. The molecule has 3 aromatic rings. The lowest BCUT2D eigenvalue weighted by Gasteiger charge is -2.25. The average molecular weight is 542 g/mol. The smallest absolute Gasteiger partial charge is 0.261 e. The molecule has 0 radical (unpaired) electrons. The highest BCUT2D eigenvalue weighted by atomic mass is 32.2. The van der Waals surface area contributed by atoms with E-state index in [9.17, 15) is 21.6 Å². The van der Waals surface area contributed by atoms with Crippen molar-refractivity contribution in [1.82, 2.24) is 4.31 Å². The zero-order valence-corrected chi connectivity index (χ0v) is 22.5. The standard InChI is InChI=1S/C27H31N3O5S2/c1-20-6-15-26(21(2)18-20)29-37(34,35)25-13-11-24(12-14-25)28-27(31)23-9-7-22(8-10-23)19-36(32,33)30-16-4-3-5-17-30/h6-15,18,29H,3-5,16-17,19H2,1-2H3,(H,28,31). The zero-order valence-electron chi connectivity index (χ0n) is 20.9. The summed E-state index contributed by atoms with van der Waals surface area (Å²) in [6.45, 7) is 4.90. The molecule has 1 saturated heterocycles.